The summed E-state index contributed by atoms with van der Waals surface area (Å²) in [4.78, 5) is 54.6. The molecule has 0 N–H and O–H groups in total. The number of aromatic nitrogens is 2. The predicted octanol–water partition coefficient (Wildman–Crippen LogP) is 3.40. The second-order valence-electron chi connectivity index (χ2n) is 9.40. The molecule has 2 aliphatic rings. The Morgan fingerprint density at radius 2 is 1.83 bits per heavy atom. The third-order valence-electron chi connectivity index (χ3n) is 6.93. The summed E-state index contributed by atoms with van der Waals surface area (Å²) in [5.41, 5.74) is 4.93. The summed E-state index contributed by atoms with van der Waals surface area (Å²) in [5.74, 6) is 0.238. The molecule has 2 aromatic rings. The first-order valence-electron chi connectivity index (χ1n) is 12.4. The van der Waals surface area contributed by atoms with Crippen LogP contribution in [0.15, 0.2) is 30.6 Å². The maximum absolute atomic E-state index is 13.3. The van der Waals surface area contributed by atoms with Gasteiger partial charge in [-0.25, -0.2) is 0 Å². The number of fused-ring (bicyclic) bond motifs is 2. The normalized spacial score (nSPS) is 18.1. The second-order valence-corrected chi connectivity index (χ2v) is 9.40. The Hall–Kier alpha value is -3.38. The Morgan fingerprint density at radius 3 is 2.49 bits per heavy atom. The summed E-state index contributed by atoms with van der Waals surface area (Å²) < 4.78 is 0. The van der Waals surface area contributed by atoms with E-state index in [0.29, 0.717) is 25.2 Å². The van der Waals surface area contributed by atoms with Crippen LogP contribution in [0.5, 0.6) is 0 Å². The van der Waals surface area contributed by atoms with E-state index in [9.17, 15) is 9.59 Å². The van der Waals surface area contributed by atoms with E-state index in [4.69, 9.17) is 9.59 Å². The quantitative estimate of drug-likeness (QED) is 0.566. The molecule has 1 spiro atoms. The van der Waals surface area contributed by atoms with Gasteiger partial charge in [-0.15, -0.1) is 0 Å². The fourth-order valence-electron chi connectivity index (χ4n) is 5.09. The van der Waals surface area contributed by atoms with Crippen LogP contribution in [0.25, 0.3) is 0 Å². The molecule has 1 unspecified atom stereocenters. The Morgan fingerprint density at radius 1 is 1.06 bits per heavy atom. The van der Waals surface area contributed by atoms with Crippen LogP contribution in [-0.4, -0.2) is 52.5 Å². The van der Waals surface area contributed by atoms with Gasteiger partial charge < -0.3 is 9.80 Å². The van der Waals surface area contributed by atoms with Gasteiger partial charge in [0.25, 0.3) is 0 Å². The zero-order valence-electron chi connectivity index (χ0n) is 20.9. The van der Waals surface area contributed by atoms with Crippen LogP contribution < -0.4 is 4.90 Å². The van der Waals surface area contributed by atoms with Crippen LogP contribution in [0, 0.1) is 6.92 Å². The molecule has 0 bridgehead atoms. The van der Waals surface area contributed by atoms with E-state index in [2.05, 4.69) is 35.1 Å². The molecule has 4 rings (SSSR count). The van der Waals surface area contributed by atoms with Gasteiger partial charge in [0.2, 0.25) is 11.8 Å². The number of unbranched alkanes of at least 4 members (excludes halogenated alkanes) is 2. The fourth-order valence-corrected chi connectivity index (χ4v) is 5.09. The van der Waals surface area contributed by atoms with Crippen molar-refractivity contribution in [3.63, 3.8) is 0 Å². The summed E-state index contributed by atoms with van der Waals surface area (Å²) >= 11 is 0. The average Bonchev–Trinajstić information content (AvgIpc) is 3.43. The fraction of sp³-hybridized carbons (Fsp3) is 0.519. The molecule has 0 aliphatic carbocycles. The van der Waals surface area contributed by atoms with Gasteiger partial charge in [0.1, 0.15) is 0 Å². The van der Waals surface area contributed by atoms with Gasteiger partial charge in [0.05, 0.1) is 17.8 Å². The molecule has 186 valence electrons. The summed E-state index contributed by atoms with van der Waals surface area (Å²) in [5, 5.41) is 0. The minimum absolute atomic E-state index is 0.0419. The van der Waals surface area contributed by atoms with E-state index in [1.54, 1.807) is 12.4 Å². The summed E-state index contributed by atoms with van der Waals surface area (Å²) in [6.45, 7) is 8.11. The Labute approximate surface area is 206 Å². The molecule has 2 amide bonds. The lowest BCUT2D eigenvalue weighted by molar-refractivity contribution is -0.191. The topological polar surface area (TPSA) is 101 Å². The van der Waals surface area contributed by atoms with Gasteiger partial charge in [-0.1, -0.05) is 38.8 Å². The first kappa shape index (κ1) is 26.2. The highest BCUT2D eigenvalue weighted by molar-refractivity contribution is 5.97. The molecule has 0 saturated carbocycles. The number of carbonyl (C=O) groups is 2. The number of amides is 2. The van der Waals surface area contributed by atoms with E-state index in [1.807, 2.05) is 23.6 Å². The van der Waals surface area contributed by atoms with E-state index >= 15 is 0 Å². The number of anilines is 1. The summed E-state index contributed by atoms with van der Waals surface area (Å²) in [6, 6.07) is 6.60. The number of carbonyl (C=O) groups excluding carboxylic acids is 4. The first-order chi connectivity index (χ1) is 16.9. The molecule has 1 atom stereocenters. The van der Waals surface area contributed by atoms with Crippen molar-refractivity contribution in [2.75, 3.05) is 24.5 Å². The van der Waals surface area contributed by atoms with Crippen molar-refractivity contribution in [3.05, 3.63) is 53.1 Å². The standard InChI is InChI=1S/C26H34N4O2.CO2/c1-4-6-7-8-20-9-10-23-22(13-20)26(11-12-29(17-26)24(31)5-2)18-30(23)25(32)14-21-16-27-19(3)15-28-21;2-1-3/h9-10,13,15-16H,4-8,11-12,14,17-18H2,1-3H3;. The monoisotopic (exact) mass is 478 g/mol. The van der Waals surface area contributed by atoms with E-state index in [-0.39, 0.29) is 29.8 Å². The maximum atomic E-state index is 13.3. The van der Waals surface area contributed by atoms with Crippen molar-refractivity contribution in [3.8, 4) is 0 Å². The molecule has 1 aromatic heterocycles. The second kappa shape index (κ2) is 11.8. The molecule has 35 heavy (non-hydrogen) atoms. The number of benzene rings is 1. The maximum Gasteiger partial charge on any atom is 0.373 e. The van der Waals surface area contributed by atoms with Crippen LogP contribution in [-0.2, 0) is 37.4 Å². The van der Waals surface area contributed by atoms with Crippen molar-refractivity contribution < 1.29 is 19.2 Å². The largest absolute Gasteiger partial charge is 0.373 e. The molecular formula is C27H34N4O4. The van der Waals surface area contributed by atoms with Crippen LogP contribution in [0.2, 0.25) is 0 Å². The zero-order chi connectivity index (χ0) is 25.4. The van der Waals surface area contributed by atoms with Gasteiger partial charge in [-0.05, 0) is 43.4 Å². The molecule has 0 radical (unpaired) electrons. The van der Waals surface area contributed by atoms with Crippen molar-refractivity contribution in [2.24, 2.45) is 0 Å². The van der Waals surface area contributed by atoms with Gasteiger partial charge in [0, 0.05) is 49.6 Å². The van der Waals surface area contributed by atoms with Crippen LogP contribution in [0.1, 0.15) is 68.5 Å². The van der Waals surface area contributed by atoms with Gasteiger partial charge >= 0.3 is 6.15 Å². The molecule has 3 heterocycles. The summed E-state index contributed by atoms with van der Waals surface area (Å²) in [7, 11) is 0. The van der Waals surface area contributed by atoms with Crippen molar-refractivity contribution >= 4 is 23.7 Å². The lowest BCUT2D eigenvalue weighted by Gasteiger charge is -2.26. The predicted molar refractivity (Wildman–Crippen MR) is 131 cm³/mol. The third-order valence-corrected chi connectivity index (χ3v) is 6.93. The van der Waals surface area contributed by atoms with Crippen molar-refractivity contribution in [1.82, 2.24) is 14.9 Å². The highest BCUT2D eigenvalue weighted by Crippen LogP contribution is 2.47. The summed E-state index contributed by atoms with van der Waals surface area (Å²) in [6.07, 6.45) is 9.96. The lowest BCUT2D eigenvalue weighted by Crippen LogP contribution is -2.40. The molecule has 8 nitrogen and oxygen atoms in total. The zero-order valence-corrected chi connectivity index (χ0v) is 20.9. The van der Waals surface area contributed by atoms with Crippen LogP contribution in [0.4, 0.5) is 5.69 Å². The molecule has 8 heteroatoms. The Bertz CT molecular complexity index is 1080. The van der Waals surface area contributed by atoms with E-state index in [1.165, 1.54) is 30.4 Å². The first-order valence-corrected chi connectivity index (χ1v) is 12.4. The SMILES string of the molecule is CCCCCc1ccc2c(c1)C1(CCN(C(=O)CC)C1)CN2C(=O)Cc1cnc(C)cn1.O=C=O. The smallest absolute Gasteiger partial charge is 0.342 e. The molecule has 1 aromatic carbocycles. The average molecular weight is 479 g/mol. The van der Waals surface area contributed by atoms with Crippen molar-refractivity contribution in [1.29, 1.82) is 0 Å². The molecule has 2 aliphatic heterocycles. The van der Waals surface area contributed by atoms with Crippen LogP contribution in [0.3, 0.4) is 0 Å². The van der Waals surface area contributed by atoms with Gasteiger partial charge in [0.15, 0.2) is 0 Å². The van der Waals surface area contributed by atoms with Crippen molar-refractivity contribution in [2.45, 2.75) is 71.1 Å². The minimum Gasteiger partial charge on any atom is -0.342 e. The molecular weight excluding hydrogens is 444 g/mol. The molecule has 1 saturated heterocycles. The Kier molecular flexibility index (Phi) is 8.88. The van der Waals surface area contributed by atoms with Gasteiger partial charge in [-0.3, -0.25) is 19.6 Å². The van der Waals surface area contributed by atoms with E-state index in [0.717, 1.165) is 30.8 Å². The number of aryl methyl sites for hydroxylation is 2. The highest BCUT2D eigenvalue weighted by atomic mass is 16.2. The minimum atomic E-state index is -0.171. The highest BCUT2D eigenvalue weighted by Gasteiger charge is 2.49. The number of likely N-dealkylation sites (tertiary alicyclic amines) is 1. The number of rotatable bonds is 7. The number of hydrogen-bond donors (Lipinski definition) is 0. The lowest BCUT2D eigenvalue weighted by atomic mass is 9.80. The van der Waals surface area contributed by atoms with Gasteiger partial charge in [-0.2, -0.15) is 9.59 Å². The molecule has 1 fully saturated rings. The number of nitrogens with zero attached hydrogens (tertiary/aromatic N) is 4. The Balaban J connectivity index is 0.00000108. The van der Waals surface area contributed by atoms with E-state index < -0.39 is 0 Å². The number of hydrogen-bond acceptors (Lipinski definition) is 6. The van der Waals surface area contributed by atoms with Crippen LogP contribution >= 0.6 is 0 Å². The third kappa shape index (κ3) is 6.01.